The molecule has 0 aliphatic heterocycles. The summed E-state index contributed by atoms with van der Waals surface area (Å²) in [6.45, 7) is 0. The van der Waals surface area contributed by atoms with Crippen LogP contribution in [0.4, 0.5) is 8.78 Å². The van der Waals surface area contributed by atoms with Crippen molar-refractivity contribution in [2.75, 3.05) is 0 Å². The Balaban J connectivity index is 2.28. The van der Waals surface area contributed by atoms with Gasteiger partial charge in [-0.25, -0.2) is 8.78 Å². The number of benzene rings is 2. The molecule has 2 aromatic carbocycles. The van der Waals surface area contributed by atoms with Gasteiger partial charge in [0.05, 0.1) is 5.69 Å². The Kier molecular flexibility index (Phi) is 2.40. The van der Waals surface area contributed by atoms with Crippen molar-refractivity contribution in [1.82, 2.24) is 4.57 Å². The first-order valence-electron chi connectivity index (χ1n) is 5.67. The summed E-state index contributed by atoms with van der Waals surface area (Å²) in [4.78, 5) is 0. The maximum Gasteiger partial charge on any atom is 0.135 e. The van der Waals surface area contributed by atoms with Crippen molar-refractivity contribution >= 4 is 10.9 Å². The van der Waals surface area contributed by atoms with E-state index in [4.69, 9.17) is 0 Å². The van der Waals surface area contributed by atoms with E-state index >= 15 is 0 Å². The number of fused-ring (bicyclic) bond motifs is 1. The lowest BCUT2D eigenvalue weighted by atomic mass is 10.1. The lowest BCUT2D eigenvalue weighted by Gasteiger charge is -2.05. The van der Waals surface area contributed by atoms with Gasteiger partial charge in [-0.1, -0.05) is 18.2 Å². The van der Waals surface area contributed by atoms with Crippen LogP contribution in [0.15, 0.2) is 48.5 Å². The summed E-state index contributed by atoms with van der Waals surface area (Å²) < 4.78 is 28.6. The number of nitrogens with zero attached hydrogens (tertiary/aromatic N) is 1. The van der Waals surface area contributed by atoms with E-state index in [-0.39, 0.29) is 0 Å². The van der Waals surface area contributed by atoms with E-state index in [0.29, 0.717) is 5.56 Å². The molecule has 0 amide bonds. The zero-order valence-corrected chi connectivity index (χ0v) is 9.82. The third-order valence-corrected chi connectivity index (χ3v) is 3.16. The molecule has 1 nitrogen and oxygen atoms in total. The van der Waals surface area contributed by atoms with Crippen LogP contribution in [0.25, 0.3) is 22.2 Å². The summed E-state index contributed by atoms with van der Waals surface area (Å²) >= 11 is 0. The van der Waals surface area contributed by atoms with Gasteiger partial charge < -0.3 is 4.57 Å². The van der Waals surface area contributed by atoms with Gasteiger partial charge >= 0.3 is 0 Å². The minimum Gasteiger partial charge on any atom is -0.344 e. The summed E-state index contributed by atoms with van der Waals surface area (Å²) in [5, 5.41) is 1.04. The van der Waals surface area contributed by atoms with Crippen LogP contribution in [0.5, 0.6) is 0 Å². The molecule has 0 bridgehead atoms. The van der Waals surface area contributed by atoms with E-state index in [1.807, 2.05) is 41.9 Å². The highest BCUT2D eigenvalue weighted by atomic mass is 19.1. The summed E-state index contributed by atoms with van der Waals surface area (Å²) in [7, 11) is 1.88. The molecule has 0 fully saturated rings. The second-order valence-electron chi connectivity index (χ2n) is 4.27. The Hall–Kier alpha value is -2.16. The third-order valence-electron chi connectivity index (χ3n) is 3.16. The van der Waals surface area contributed by atoms with Gasteiger partial charge in [-0.15, -0.1) is 0 Å². The zero-order chi connectivity index (χ0) is 12.7. The van der Waals surface area contributed by atoms with Crippen molar-refractivity contribution < 1.29 is 8.78 Å². The minimum atomic E-state index is -0.560. The van der Waals surface area contributed by atoms with Gasteiger partial charge in [0, 0.05) is 29.6 Å². The van der Waals surface area contributed by atoms with Crippen molar-refractivity contribution in [1.29, 1.82) is 0 Å². The molecular formula is C15H11F2N. The molecule has 0 aliphatic carbocycles. The molecule has 3 aromatic rings. The maximum absolute atomic E-state index is 13.8. The van der Waals surface area contributed by atoms with E-state index in [2.05, 4.69) is 0 Å². The first-order chi connectivity index (χ1) is 8.66. The summed E-state index contributed by atoms with van der Waals surface area (Å²) in [6.07, 6.45) is 0. The number of hydrogen-bond acceptors (Lipinski definition) is 0. The molecule has 0 unspecified atom stereocenters. The predicted octanol–water partition coefficient (Wildman–Crippen LogP) is 4.12. The van der Waals surface area contributed by atoms with E-state index in [1.54, 1.807) is 0 Å². The molecule has 0 saturated carbocycles. The molecule has 0 aliphatic rings. The largest absolute Gasteiger partial charge is 0.344 e. The molecule has 0 saturated heterocycles. The summed E-state index contributed by atoms with van der Waals surface area (Å²) in [5.41, 5.74) is 2.18. The van der Waals surface area contributed by atoms with Crippen LogP contribution in [0.3, 0.4) is 0 Å². The lowest BCUT2D eigenvalue weighted by Crippen LogP contribution is -1.94. The highest BCUT2D eigenvalue weighted by Gasteiger charge is 2.11. The third kappa shape index (κ3) is 1.59. The van der Waals surface area contributed by atoms with Crippen molar-refractivity contribution in [3.63, 3.8) is 0 Å². The average Bonchev–Trinajstić information content (AvgIpc) is 2.68. The normalized spacial score (nSPS) is 11.1. The molecule has 1 heterocycles. The van der Waals surface area contributed by atoms with Crippen LogP contribution in [0.1, 0.15) is 0 Å². The van der Waals surface area contributed by atoms with E-state index in [1.165, 1.54) is 12.1 Å². The van der Waals surface area contributed by atoms with Gasteiger partial charge in [0.2, 0.25) is 0 Å². The van der Waals surface area contributed by atoms with Crippen molar-refractivity contribution in [2.45, 2.75) is 0 Å². The topological polar surface area (TPSA) is 4.93 Å². The number of rotatable bonds is 1. The minimum absolute atomic E-state index is 0.412. The smallest absolute Gasteiger partial charge is 0.135 e. The monoisotopic (exact) mass is 243 g/mol. The van der Waals surface area contributed by atoms with Crippen molar-refractivity contribution in [3.05, 3.63) is 60.2 Å². The Bertz CT molecular complexity index is 728. The molecule has 1 aromatic heterocycles. The van der Waals surface area contributed by atoms with Crippen LogP contribution in [-0.2, 0) is 7.05 Å². The van der Waals surface area contributed by atoms with E-state index in [9.17, 15) is 8.78 Å². The summed E-state index contributed by atoms with van der Waals surface area (Å²) in [5.74, 6) is -1.10. The van der Waals surface area contributed by atoms with E-state index in [0.717, 1.165) is 22.7 Å². The molecule has 0 N–H and O–H groups in total. The maximum atomic E-state index is 13.8. The number of aromatic nitrogens is 1. The first kappa shape index (κ1) is 11.0. The van der Waals surface area contributed by atoms with Gasteiger partial charge in [0.15, 0.2) is 0 Å². The van der Waals surface area contributed by atoms with Crippen LogP contribution < -0.4 is 0 Å². The standard InChI is InChI=1S/C15H11F2N/c1-18-14-5-3-2-4-10(14)8-15(18)12-7-6-11(16)9-13(12)17/h2-9H,1H3. The van der Waals surface area contributed by atoms with Gasteiger partial charge in [-0.05, 0) is 24.3 Å². The fraction of sp³-hybridized carbons (Fsp3) is 0.0667. The highest BCUT2D eigenvalue weighted by molar-refractivity contribution is 5.86. The van der Waals surface area contributed by atoms with Gasteiger partial charge in [-0.3, -0.25) is 0 Å². The van der Waals surface area contributed by atoms with Gasteiger partial charge in [0.1, 0.15) is 11.6 Å². The van der Waals surface area contributed by atoms with Crippen molar-refractivity contribution in [2.24, 2.45) is 7.05 Å². The van der Waals surface area contributed by atoms with Crippen LogP contribution in [0.2, 0.25) is 0 Å². The SMILES string of the molecule is Cn1c(-c2ccc(F)cc2F)cc2ccccc21. The number of para-hydroxylation sites is 1. The molecule has 0 radical (unpaired) electrons. The number of halogens is 2. The lowest BCUT2D eigenvalue weighted by molar-refractivity contribution is 0.585. The highest BCUT2D eigenvalue weighted by Crippen LogP contribution is 2.29. The molecule has 3 heteroatoms. The average molecular weight is 243 g/mol. The van der Waals surface area contributed by atoms with Crippen LogP contribution >= 0.6 is 0 Å². The predicted molar refractivity (Wildman–Crippen MR) is 68.3 cm³/mol. The quantitative estimate of drug-likeness (QED) is 0.605. The molecule has 3 rings (SSSR count). The Morgan fingerprint density at radius 1 is 0.944 bits per heavy atom. The second-order valence-corrected chi connectivity index (χ2v) is 4.27. The molecule has 90 valence electrons. The molecule has 0 spiro atoms. The zero-order valence-electron chi connectivity index (χ0n) is 9.82. The summed E-state index contributed by atoms with van der Waals surface area (Å²) in [6, 6.07) is 13.4. The number of aryl methyl sites for hydroxylation is 1. The van der Waals surface area contributed by atoms with Gasteiger partial charge in [-0.2, -0.15) is 0 Å². The van der Waals surface area contributed by atoms with Crippen LogP contribution in [-0.4, -0.2) is 4.57 Å². The Labute approximate surface area is 103 Å². The second kappa shape index (κ2) is 3.95. The van der Waals surface area contributed by atoms with Gasteiger partial charge in [0.25, 0.3) is 0 Å². The van der Waals surface area contributed by atoms with Crippen molar-refractivity contribution in [3.8, 4) is 11.3 Å². The first-order valence-corrected chi connectivity index (χ1v) is 5.67. The van der Waals surface area contributed by atoms with E-state index < -0.39 is 11.6 Å². The Morgan fingerprint density at radius 2 is 1.72 bits per heavy atom. The van der Waals surface area contributed by atoms with Crippen LogP contribution in [0, 0.1) is 11.6 Å². The Morgan fingerprint density at radius 3 is 2.44 bits per heavy atom. The number of hydrogen-bond donors (Lipinski definition) is 0. The molecular weight excluding hydrogens is 232 g/mol. The molecule has 0 atom stereocenters. The fourth-order valence-electron chi connectivity index (χ4n) is 2.24. The molecule has 18 heavy (non-hydrogen) atoms. The fourth-order valence-corrected chi connectivity index (χ4v) is 2.24.